The molecule has 5 nitrogen and oxygen atoms in total. The minimum atomic E-state index is -0.996. The Morgan fingerprint density at radius 1 is 1.22 bits per heavy atom. The Hall–Kier alpha value is -2.69. The summed E-state index contributed by atoms with van der Waals surface area (Å²) in [4.78, 5) is 19.3. The number of aromatic carboxylic acids is 1. The summed E-state index contributed by atoms with van der Waals surface area (Å²) in [6, 6.07) is 7.31. The highest BCUT2D eigenvalue weighted by Gasteiger charge is 2.14. The molecule has 0 aliphatic rings. The molecule has 1 N–H and O–H groups in total. The van der Waals surface area contributed by atoms with Crippen molar-refractivity contribution in [1.82, 2.24) is 14.4 Å². The quantitative estimate of drug-likeness (QED) is 0.743. The van der Waals surface area contributed by atoms with E-state index in [9.17, 15) is 4.79 Å². The largest absolute Gasteiger partial charge is 0.478 e. The molecule has 3 heterocycles. The van der Waals surface area contributed by atoms with Crippen LogP contribution < -0.4 is 0 Å². The van der Waals surface area contributed by atoms with Crippen LogP contribution in [0.3, 0.4) is 0 Å². The number of aromatic nitrogens is 3. The lowest BCUT2D eigenvalue weighted by Crippen LogP contribution is -2.01. The second-order valence-electron chi connectivity index (χ2n) is 3.80. The summed E-state index contributed by atoms with van der Waals surface area (Å²) in [5, 5.41) is 9.17. The highest BCUT2D eigenvalue weighted by molar-refractivity contribution is 5.95. The standard InChI is InChI=1S/C13H9N3O2/c17-13(18)10-7-14-5-4-9(10)11-8-15-12-3-1-2-6-16(11)12/h1-8H,(H,17,18). The molecule has 3 aromatic rings. The van der Waals surface area contributed by atoms with E-state index in [0.29, 0.717) is 5.56 Å². The molecule has 5 heteroatoms. The zero-order valence-corrected chi connectivity index (χ0v) is 9.32. The molecule has 3 aromatic heterocycles. The van der Waals surface area contributed by atoms with E-state index in [-0.39, 0.29) is 5.56 Å². The molecular weight excluding hydrogens is 230 g/mol. The molecule has 3 rings (SSSR count). The van der Waals surface area contributed by atoms with E-state index in [1.165, 1.54) is 6.20 Å². The second kappa shape index (κ2) is 3.96. The van der Waals surface area contributed by atoms with E-state index in [1.54, 1.807) is 18.5 Å². The first kappa shape index (κ1) is 10.5. The van der Waals surface area contributed by atoms with Crippen molar-refractivity contribution in [1.29, 1.82) is 0 Å². The maximum Gasteiger partial charge on any atom is 0.337 e. The van der Waals surface area contributed by atoms with E-state index < -0.39 is 5.97 Å². The van der Waals surface area contributed by atoms with E-state index in [4.69, 9.17) is 5.11 Å². The predicted molar refractivity (Wildman–Crippen MR) is 65.4 cm³/mol. The fourth-order valence-electron chi connectivity index (χ4n) is 1.92. The highest BCUT2D eigenvalue weighted by atomic mass is 16.4. The van der Waals surface area contributed by atoms with Gasteiger partial charge in [0.25, 0.3) is 0 Å². The zero-order valence-electron chi connectivity index (χ0n) is 9.32. The van der Waals surface area contributed by atoms with Crippen LogP contribution in [-0.2, 0) is 0 Å². The van der Waals surface area contributed by atoms with Crippen molar-refractivity contribution in [3.05, 3.63) is 54.6 Å². The molecule has 0 spiro atoms. The Morgan fingerprint density at radius 3 is 2.94 bits per heavy atom. The molecule has 0 aliphatic carbocycles. The number of nitrogens with zero attached hydrogens (tertiary/aromatic N) is 3. The fraction of sp³-hybridized carbons (Fsp3) is 0. The summed E-state index contributed by atoms with van der Waals surface area (Å²) in [7, 11) is 0. The predicted octanol–water partition coefficient (Wildman–Crippen LogP) is 2.09. The van der Waals surface area contributed by atoms with Crippen molar-refractivity contribution in [3.63, 3.8) is 0 Å². The molecule has 0 fully saturated rings. The van der Waals surface area contributed by atoms with Crippen molar-refractivity contribution >= 4 is 11.6 Å². The van der Waals surface area contributed by atoms with Crippen LogP contribution in [0.1, 0.15) is 10.4 Å². The van der Waals surface area contributed by atoms with Crippen molar-refractivity contribution in [3.8, 4) is 11.3 Å². The normalized spacial score (nSPS) is 10.7. The molecule has 18 heavy (non-hydrogen) atoms. The van der Waals surface area contributed by atoms with Crippen molar-refractivity contribution in [2.75, 3.05) is 0 Å². The number of hydrogen-bond acceptors (Lipinski definition) is 3. The molecule has 0 unspecified atom stereocenters. The number of carboxylic acid groups (broad SMARTS) is 1. The third-order valence-corrected chi connectivity index (χ3v) is 2.74. The lowest BCUT2D eigenvalue weighted by Gasteiger charge is -2.04. The smallest absolute Gasteiger partial charge is 0.337 e. The Bertz CT molecular complexity index is 734. The van der Waals surface area contributed by atoms with E-state index in [2.05, 4.69) is 9.97 Å². The monoisotopic (exact) mass is 239 g/mol. The SMILES string of the molecule is O=C(O)c1cnccc1-c1cnc2ccccn12. The highest BCUT2D eigenvalue weighted by Crippen LogP contribution is 2.23. The lowest BCUT2D eigenvalue weighted by atomic mass is 10.1. The first-order valence-corrected chi connectivity index (χ1v) is 5.37. The second-order valence-corrected chi connectivity index (χ2v) is 3.80. The van der Waals surface area contributed by atoms with Crippen LogP contribution in [0, 0.1) is 0 Å². The molecule has 0 atom stereocenters. The van der Waals surface area contributed by atoms with Crippen LogP contribution in [0.2, 0.25) is 0 Å². The number of fused-ring (bicyclic) bond motifs is 1. The van der Waals surface area contributed by atoms with Gasteiger partial charge in [-0.25, -0.2) is 9.78 Å². The van der Waals surface area contributed by atoms with Crippen LogP contribution >= 0.6 is 0 Å². The van der Waals surface area contributed by atoms with Gasteiger partial charge in [-0.2, -0.15) is 0 Å². The van der Waals surface area contributed by atoms with Crippen molar-refractivity contribution in [2.45, 2.75) is 0 Å². The number of pyridine rings is 2. The van der Waals surface area contributed by atoms with Crippen molar-refractivity contribution in [2.24, 2.45) is 0 Å². The number of carbonyl (C=O) groups is 1. The Kier molecular flexibility index (Phi) is 2.30. The number of rotatable bonds is 2. The number of carboxylic acids is 1. The van der Waals surface area contributed by atoms with Gasteiger partial charge in [-0.1, -0.05) is 6.07 Å². The fourth-order valence-corrected chi connectivity index (χ4v) is 1.92. The summed E-state index contributed by atoms with van der Waals surface area (Å²) in [6.07, 6.45) is 6.44. The molecule has 88 valence electrons. The molecule has 0 saturated carbocycles. The van der Waals surface area contributed by atoms with Gasteiger partial charge >= 0.3 is 5.97 Å². The number of hydrogen-bond donors (Lipinski definition) is 1. The van der Waals surface area contributed by atoms with Gasteiger partial charge in [0, 0.05) is 24.2 Å². The van der Waals surface area contributed by atoms with E-state index in [1.807, 2.05) is 28.8 Å². The van der Waals surface area contributed by atoms with Crippen LogP contribution in [0.25, 0.3) is 16.9 Å². The molecule has 0 saturated heterocycles. The Balaban J connectivity index is 2.30. The van der Waals surface area contributed by atoms with Crippen LogP contribution in [0.15, 0.2) is 49.1 Å². The van der Waals surface area contributed by atoms with Gasteiger partial charge in [0.05, 0.1) is 17.5 Å². The van der Waals surface area contributed by atoms with Gasteiger partial charge in [0.2, 0.25) is 0 Å². The first-order valence-electron chi connectivity index (χ1n) is 5.37. The summed E-state index contributed by atoms with van der Waals surface area (Å²) < 4.78 is 1.85. The van der Waals surface area contributed by atoms with Crippen LogP contribution in [0.5, 0.6) is 0 Å². The molecule has 0 amide bonds. The summed E-state index contributed by atoms with van der Waals surface area (Å²) in [6.45, 7) is 0. The van der Waals surface area contributed by atoms with E-state index in [0.717, 1.165) is 11.3 Å². The van der Waals surface area contributed by atoms with Gasteiger partial charge in [-0.05, 0) is 18.2 Å². The molecular formula is C13H9N3O2. The van der Waals surface area contributed by atoms with Gasteiger partial charge in [0.1, 0.15) is 5.65 Å². The maximum absolute atomic E-state index is 11.2. The third kappa shape index (κ3) is 1.53. The zero-order chi connectivity index (χ0) is 12.5. The molecule has 0 aromatic carbocycles. The topological polar surface area (TPSA) is 67.5 Å². The molecule has 0 bridgehead atoms. The van der Waals surface area contributed by atoms with Gasteiger partial charge in [-0.15, -0.1) is 0 Å². The van der Waals surface area contributed by atoms with Gasteiger partial charge in [0.15, 0.2) is 0 Å². The van der Waals surface area contributed by atoms with Gasteiger partial charge in [-0.3, -0.25) is 9.38 Å². The number of imidazole rings is 1. The summed E-state index contributed by atoms with van der Waals surface area (Å²) >= 11 is 0. The minimum absolute atomic E-state index is 0.170. The van der Waals surface area contributed by atoms with Gasteiger partial charge < -0.3 is 5.11 Å². The van der Waals surface area contributed by atoms with Crippen LogP contribution in [0.4, 0.5) is 0 Å². The van der Waals surface area contributed by atoms with Crippen LogP contribution in [-0.4, -0.2) is 25.4 Å². The van der Waals surface area contributed by atoms with Crippen molar-refractivity contribution < 1.29 is 9.90 Å². The maximum atomic E-state index is 11.2. The average molecular weight is 239 g/mol. The van der Waals surface area contributed by atoms with E-state index >= 15 is 0 Å². The first-order chi connectivity index (χ1) is 8.77. The summed E-state index contributed by atoms with van der Waals surface area (Å²) in [5.41, 5.74) is 2.30. The lowest BCUT2D eigenvalue weighted by molar-refractivity contribution is 0.0697. The molecule has 0 aliphatic heterocycles. The Morgan fingerprint density at radius 2 is 2.11 bits per heavy atom. The Labute approximate surface area is 102 Å². The molecule has 0 radical (unpaired) electrons. The minimum Gasteiger partial charge on any atom is -0.478 e. The summed E-state index contributed by atoms with van der Waals surface area (Å²) in [5.74, 6) is -0.996. The average Bonchev–Trinajstić information content (AvgIpc) is 2.82. The third-order valence-electron chi connectivity index (χ3n) is 2.74.